The van der Waals surface area contributed by atoms with Crippen molar-refractivity contribution in [2.75, 3.05) is 26.8 Å². The molecule has 1 amide bonds. The number of carbonyl (C=O) groups excluding carboxylic acids is 1. The molecule has 0 spiro atoms. The number of nitrogens with zero attached hydrogens (tertiary/aromatic N) is 5. The molecular weight excluding hydrogens is 360 g/mol. The Labute approximate surface area is 162 Å². The van der Waals surface area contributed by atoms with Gasteiger partial charge in [-0.3, -0.25) is 14.9 Å². The molecule has 0 aromatic carbocycles. The number of nitrogens with one attached hydrogen (secondary N) is 1. The highest BCUT2D eigenvalue weighted by atomic mass is 16.5. The molecule has 1 N–H and O–H groups in total. The van der Waals surface area contributed by atoms with Crippen LogP contribution < -0.4 is 0 Å². The van der Waals surface area contributed by atoms with Gasteiger partial charge in [-0.15, -0.1) is 0 Å². The van der Waals surface area contributed by atoms with Crippen molar-refractivity contribution in [1.82, 2.24) is 30.2 Å². The quantitative estimate of drug-likeness (QED) is 0.695. The van der Waals surface area contributed by atoms with Crippen LogP contribution in [0.5, 0.6) is 0 Å². The number of likely N-dealkylation sites (tertiary alicyclic amines) is 1. The Kier molecular flexibility index (Phi) is 5.16. The lowest BCUT2D eigenvalue weighted by molar-refractivity contribution is 0.0616. The van der Waals surface area contributed by atoms with Crippen molar-refractivity contribution in [3.63, 3.8) is 0 Å². The number of hydrogen-bond donors (Lipinski definition) is 1. The average Bonchev–Trinajstić information content (AvgIpc) is 3.45. The van der Waals surface area contributed by atoms with Crippen LogP contribution >= 0.6 is 0 Å². The summed E-state index contributed by atoms with van der Waals surface area (Å²) in [6, 6.07) is 3.72. The fourth-order valence-corrected chi connectivity index (χ4v) is 3.62. The van der Waals surface area contributed by atoms with Crippen LogP contribution in [0, 0.1) is 0 Å². The zero-order chi connectivity index (χ0) is 19.4. The molecule has 0 unspecified atom stereocenters. The predicted octanol–water partition coefficient (Wildman–Crippen LogP) is 2.07. The molecular formula is C19H22N6O3. The lowest BCUT2D eigenvalue weighted by atomic mass is 9.75. The summed E-state index contributed by atoms with van der Waals surface area (Å²) in [7, 11) is 1.68. The van der Waals surface area contributed by atoms with Crippen LogP contribution in [0.4, 0.5) is 0 Å². The summed E-state index contributed by atoms with van der Waals surface area (Å²) in [4.78, 5) is 23.2. The van der Waals surface area contributed by atoms with Gasteiger partial charge in [0.15, 0.2) is 5.82 Å². The third-order valence-corrected chi connectivity index (χ3v) is 5.35. The third-order valence-electron chi connectivity index (χ3n) is 5.35. The number of aromatic nitrogens is 5. The van der Waals surface area contributed by atoms with E-state index >= 15 is 0 Å². The largest absolute Gasteiger partial charge is 0.385 e. The predicted molar refractivity (Wildman–Crippen MR) is 99.4 cm³/mol. The van der Waals surface area contributed by atoms with Gasteiger partial charge >= 0.3 is 0 Å². The van der Waals surface area contributed by atoms with E-state index in [1.54, 1.807) is 31.9 Å². The second kappa shape index (κ2) is 7.89. The molecule has 4 heterocycles. The Morgan fingerprint density at radius 3 is 2.89 bits per heavy atom. The maximum absolute atomic E-state index is 12.6. The highest BCUT2D eigenvalue weighted by molar-refractivity contribution is 5.93. The van der Waals surface area contributed by atoms with E-state index in [9.17, 15) is 4.79 Å². The zero-order valence-electron chi connectivity index (χ0n) is 15.7. The van der Waals surface area contributed by atoms with E-state index in [-0.39, 0.29) is 11.3 Å². The van der Waals surface area contributed by atoms with Crippen LogP contribution in [0.2, 0.25) is 0 Å². The summed E-state index contributed by atoms with van der Waals surface area (Å²) in [5.41, 5.74) is 1.08. The lowest BCUT2D eigenvalue weighted by Crippen LogP contribution is -2.46. The molecule has 9 nitrogen and oxygen atoms in total. The van der Waals surface area contributed by atoms with Crippen molar-refractivity contribution in [2.24, 2.45) is 0 Å². The first kappa shape index (κ1) is 18.3. The second-order valence-corrected chi connectivity index (χ2v) is 6.97. The van der Waals surface area contributed by atoms with E-state index in [1.807, 2.05) is 17.0 Å². The molecule has 0 bridgehead atoms. The van der Waals surface area contributed by atoms with E-state index in [2.05, 4.69) is 25.3 Å². The number of carbonyl (C=O) groups is 1. The maximum atomic E-state index is 12.6. The number of ether oxygens (including phenoxy) is 1. The van der Waals surface area contributed by atoms with E-state index in [0.29, 0.717) is 37.0 Å². The number of amides is 1. The molecule has 0 atom stereocenters. The van der Waals surface area contributed by atoms with Gasteiger partial charge in [0, 0.05) is 50.8 Å². The third kappa shape index (κ3) is 3.53. The number of hydrogen-bond acceptors (Lipinski definition) is 7. The van der Waals surface area contributed by atoms with Gasteiger partial charge in [-0.1, -0.05) is 5.16 Å². The molecule has 9 heteroatoms. The first-order valence-electron chi connectivity index (χ1n) is 9.23. The fraction of sp³-hybridized carbons (Fsp3) is 0.421. The Balaban J connectivity index is 1.54. The molecule has 1 saturated heterocycles. The molecule has 0 saturated carbocycles. The summed E-state index contributed by atoms with van der Waals surface area (Å²) in [6.07, 6.45) is 8.82. The molecule has 0 radical (unpaired) electrons. The highest BCUT2D eigenvalue weighted by Crippen LogP contribution is 2.38. The Hall–Kier alpha value is -3.07. The van der Waals surface area contributed by atoms with Gasteiger partial charge in [-0.25, -0.2) is 0 Å². The van der Waals surface area contributed by atoms with Crippen molar-refractivity contribution < 1.29 is 14.1 Å². The minimum Gasteiger partial charge on any atom is -0.385 e. The van der Waals surface area contributed by atoms with Gasteiger partial charge in [0.1, 0.15) is 0 Å². The van der Waals surface area contributed by atoms with Crippen LogP contribution in [0.3, 0.4) is 0 Å². The monoisotopic (exact) mass is 382 g/mol. The molecule has 1 aliphatic rings. The normalized spacial score (nSPS) is 16.2. The van der Waals surface area contributed by atoms with E-state index < -0.39 is 0 Å². The van der Waals surface area contributed by atoms with Gasteiger partial charge in [0.2, 0.25) is 0 Å². The molecule has 146 valence electrons. The van der Waals surface area contributed by atoms with Crippen LogP contribution in [-0.2, 0) is 10.2 Å². The molecule has 28 heavy (non-hydrogen) atoms. The van der Waals surface area contributed by atoms with Crippen molar-refractivity contribution >= 4 is 5.91 Å². The molecule has 3 aromatic rings. The smallest absolute Gasteiger partial charge is 0.259 e. The first-order valence-corrected chi connectivity index (χ1v) is 9.23. The Bertz CT molecular complexity index is 901. The highest BCUT2D eigenvalue weighted by Gasteiger charge is 2.41. The summed E-state index contributed by atoms with van der Waals surface area (Å²) in [5, 5.41) is 10.8. The van der Waals surface area contributed by atoms with E-state index in [1.165, 1.54) is 0 Å². The molecule has 1 fully saturated rings. The SMILES string of the molecule is COCCC1(c2noc(-c3cccnc3)n2)CCN(C(=O)c2cn[nH]c2)CC1. The lowest BCUT2D eigenvalue weighted by Gasteiger charge is -2.39. The number of methoxy groups -OCH3 is 1. The van der Waals surface area contributed by atoms with Gasteiger partial charge < -0.3 is 14.2 Å². The van der Waals surface area contributed by atoms with Crippen LogP contribution in [0.25, 0.3) is 11.5 Å². The van der Waals surface area contributed by atoms with Crippen molar-refractivity contribution in [3.8, 4) is 11.5 Å². The number of H-pyrrole nitrogens is 1. The molecule has 0 aliphatic carbocycles. The zero-order valence-corrected chi connectivity index (χ0v) is 15.7. The summed E-state index contributed by atoms with van der Waals surface area (Å²) in [6.45, 7) is 1.82. The molecule has 1 aliphatic heterocycles. The maximum Gasteiger partial charge on any atom is 0.259 e. The number of pyridine rings is 1. The van der Waals surface area contributed by atoms with E-state index in [4.69, 9.17) is 9.26 Å². The van der Waals surface area contributed by atoms with E-state index in [0.717, 1.165) is 24.8 Å². The number of rotatable bonds is 6. The average molecular weight is 382 g/mol. The summed E-state index contributed by atoms with van der Waals surface area (Å²) in [5.74, 6) is 1.11. The van der Waals surface area contributed by atoms with Gasteiger partial charge in [0.05, 0.1) is 17.3 Å². The van der Waals surface area contributed by atoms with Crippen molar-refractivity contribution in [1.29, 1.82) is 0 Å². The summed E-state index contributed by atoms with van der Waals surface area (Å²) < 4.78 is 10.8. The van der Waals surface area contributed by atoms with Gasteiger partial charge in [-0.05, 0) is 31.4 Å². The minimum absolute atomic E-state index is 0.0155. The van der Waals surface area contributed by atoms with Crippen LogP contribution in [-0.4, -0.2) is 62.9 Å². The Morgan fingerprint density at radius 2 is 2.21 bits per heavy atom. The number of piperidine rings is 1. The van der Waals surface area contributed by atoms with Gasteiger partial charge in [-0.2, -0.15) is 10.1 Å². The standard InChI is InChI=1S/C19H22N6O3/c1-27-10-6-19(18-23-16(28-24-18)14-3-2-7-20-11-14)4-8-25(9-5-19)17(26)15-12-21-22-13-15/h2-3,7,11-13H,4-6,8-10H2,1H3,(H,21,22). The molecule has 4 rings (SSSR count). The fourth-order valence-electron chi connectivity index (χ4n) is 3.62. The number of aromatic amines is 1. The van der Waals surface area contributed by atoms with Crippen LogP contribution in [0.15, 0.2) is 41.4 Å². The topological polar surface area (TPSA) is 110 Å². The summed E-state index contributed by atoms with van der Waals surface area (Å²) >= 11 is 0. The minimum atomic E-state index is -0.285. The Morgan fingerprint density at radius 1 is 1.36 bits per heavy atom. The van der Waals surface area contributed by atoms with Crippen LogP contribution in [0.1, 0.15) is 35.4 Å². The van der Waals surface area contributed by atoms with Crippen molar-refractivity contribution in [3.05, 3.63) is 48.3 Å². The molecule has 3 aromatic heterocycles. The first-order chi connectivity index (χ1) is 13.7. The second-order valence-electron chi connectivity index (χ2n) is 6.97. The van der Waals surface area contributed by atoms with Gasteiger partial charge in [0.25, 0.3) is 11.8 Å². The van der Waals surface area contributed by atoms with Crippen molar-refractivity contribution in [2.45, 2.75) is 24.7 Å².